The highest BCUT2D eigenvalue weighted by atomic mass is 16.4. The predicted octanol–water partition coefficient (Wildman–Crippen LogP) is 3.32. The van der Waals surface area contributed by atoms with Gasteiger partial charge in [0.2, 0.25) is 0 Å². The third-order valence-electron chi connectivity index (χ3n) is 3.33. The highest BCUT2D eigenvalue weighted by molar-refractivity contribution is 5.88. The van der Waals surface area contributed by atoms with Crippen LogP contribution in [-0.2, 0) is 0 Å². The summed E-state index contributed by atoms with van der Waals surface area (Å²) in [7, 11) is 0. The van der Waals surface area contributed by atoms with Crippen molar-refractivity contribution in [3.8, 4) is 0 Å². The molecule has 0 aliphatic heterocycles. The third-order valence-corrected chi connectivity index (χ3v) is 3.33. The van der Waals surface area contributed by atoms with Gasteiger partial charge in [-0.3, -0.25) is 0 Å². The van der Waals surface area contributed by atoms with E-state index in [1.165, 1.54) is 0 Å². The number of carboxylic acids is 1. The fourth-order valence-corrected chi connectivity index (χ4v) is 2.21. The molecule has 4 heteroatoms. The first-order valence-corrected chi connectivity index (χ1v) is 6.46. The molecule has 0 fully saturated rings. The molecule has 0 saturated carbocycles. The van der Waals surface area contributed by atoms with Gasteiger partial charge in [0.25, 0.3) is 0 Å². The van der Waals surface area contributed by atoms with Gasteiger partial charge >= 0.3 is 5.97 Å². The molecule has 2 N–H and O–H groups in total. The van der Waals surface area contributed by atoms with E-state index in [4.69, 9.17) is 5.11 Å². The minimum atomic E-state index is -0.918. The van der Waals surface area contributed by atoms with Crippen molar-refractivity contribution >= 4 is 11.8 Å². The summed E-state index contributed by atoms with van der Waals surface area (Å²) >= 11 is 0. The Kier molecular flexibility index (Phi) is 5.13. The van der Waals surface area contributed by atoms with Crippen LogP contribution >= 0.6 is 0 Å². The molecular formula is C14H22N2O2. The largest absolute Gasteiger partial charge is 0.478 e. The first-order chi connectivity index (χ1) is 8.47. The fraction of sp³-hybridized carbons (Fsp3) is 0.571. The van der Waals surface area contributed by atoms with E-state index in [1.54, 1.807) is 19.1 Å². The lowest BCUT2D eigenvalue weighted by Crippen LogP contribution is -2.25. The van der Waals surface area contributed by atoms with E-state index in [9.17, 15) is 4.79 Å². The molecule has 0 saturated heterocycles. The summed E-state index contributed by atoms with van der Waals surface area (Å²) in [4.78, 5) is 15.3. The summed E-state index contributed by atoms with van der Waals surface area (Å²) in [5.41, 5.74) is 0.996. The summed E-state index contributed by atoms with van der Waals surface area (Å²) < 4.78 is 0. The lowest BCUT2D eigenvalue weighted by molar-refractivity contribution is 0.0696. The Morgan fingerprint density at radius 2 is 2.00 bits per heavy atom. The molecule has 0 bridgehead atoms. The number of aromatic nitrogens is 1. The summed E-state index contributed by atoms with van der Waals surface area (Å²) in [6.45, 7) is 8.25. The van der Waals surface area contributed by atoms with Gasteiger partial charge in [0.15, 0.2) is 0 Å². The molecule has 1 atom stereocenters. The average Bonchev–Trinajstić information content (AvgIpc) is 2.29. The first-order valence-electron chi connectivity index (χ1n) is 6.46. The number of aromatic carboxylic acids is 1. The fourth-order valence-electron chi connectivity index (χ4n) is 2.21. The predicted molar refractivity (Wildman–Crippen MR) is 73.1 cm³/mol. The van der Waals surface area contributed by atoms with Gasteiger partial charge in [0, 0.05) is 11.7 Å². The zero-order chi connectivity index (χ0) is 13.7. The van der Waals surface area contributed by atoms with Crippen LogP contribution in [0.4, 0.5) is 5.82 Å². The quantitative estimate of drug-likeness (QED) is 0.813. The van der Waals surface area contributed by atoms with Gasteiger partial charge in [-0.15, -0.1) is 0 Å². The van der Waals surface area contributed by atoms with Crippen molar-refractivity contribution in [1.82, 2.24) is 4.98 Å². The highest BCUT2D eigenvalue weighted by Crippen LogP contribution is 2.18. The molecular weight excluding hydrogens is 228 g/mol. The molecule has 0 spiro atoms. The number of nitrogens with one attached hydrogen (secondary N) is 1. The van der Waals surface area contributed by atoms with Gasteiger partial charge in [0.1, 0.15) is 5.82 Å². The van der Waals surface area contributed by atoms with Crippen LogP contribution in [0.3, 0.4) is 0 Å². The van der Waals surface area contributed by atoms with E-state index < -0.39 is 5.97 Å². The molecule has 1 aromatic heterocycles. The maximum atomic E-state index is 11.0. The van der Waals surface area contributed by atoms with Crippen molar-refractivity contribution in [2.75, 3.05) is 5.32 Å². The lowest BCUT2D eigenvalue weighted by Gasteiger charge is -2.23. The lowest BCUT2D eigenvalue weighted by atomic mass is 9.95. The van der Waals surface area contributed by atoms with Crippen LogP contribution in [0.25, 0.3) is 0 Å². The number of nitrogens with zero attached hydrogens (tertiary/aromatic N) is 1. The van der Waals surface area contributed by atoms with E-state index in [1.807, 2.05) is 0 Å². The summed E-state index contributed by atoms with van der Waals surface area (Å²) in [5, 5.41) is 12.3. The van der Waals surface area contributed by atoms with Crippen molar-refractivity contribution in [2.45, 2.75) is 46.6 Å². The molecule has 18 heavy (non-hydrogen) atoms. The SMILES string of the molecule is CCC(CC)C(C)Nc1cc(C(=O)O)cc(C)n1. The van der Waals surface area contributed by atoms with E-state index in [-0.39, 0.29) is 11.6 Å². The molecule has 4 nitrogen and oxygen atoms in total. The maximum Gasteiger partial charge on any atom is 0.335 e. The van der Waals surface area contributed by atoms with E-state index >= 15 is 0 Å². The van der Waals surface area contributed by atoms with Crippen molar-refractivity contribution in [3.63, 3.8) is 0 Å². The number of pyridine rings is 1. The topological polar surface area (TPSA) is 62.2 Å². The number of carboxylic acid groups (broad SMARTS) is 1. The van der Waals surface area contributed by atoms with Crippen molar-refractivity contribution < 1.29 is 9.90 Å². The van der Waals surface area contributed by atoms with Gasteiger partial charge in [-0.2, -0.15) is 0 Å². The molecule has 1 heterocycles. The maximum absolute atomic E-state index is 11.0. The Labute approximate surface area is 108 Å². The number of rotatable bonds is 6. The first kappa shape index (κ1) is 14.5. The Balaban J connectivity index is 2.87. The zero-order valence-corrected chi connectivity index (χ0v) is 11.5. The van der Waals surface area contributed by atoms with E-state index in [0.717, 1.165) is 12.8 Å². The van der Waals surface area contributed by atoms with Crippen LogP contribution in [0, 0.1) is 12.8 Å². The Hall–Kier alpha value is -1.58. The zero-order valence-electron chi connectivity index (χ0n) is 11.5. The second-order valence-corrected chi connectivity index (χ2v) is 4.70. The van der Waals surface area contributed by atoms with Gasteiger partial charge in [-0.1, -0.05) is 26.7 Å². The molecule has 0 aliphatic rings. The van der Waals surface area contributed by atoms with Crippen LogP contribution in [0.5, 0.6) is 0 Å². The van der Waals surface area contributed by atoms with Crippen LogP contribution in [-0.4, -0.2) is 22.1 Å². The highest BCUT2D eigenvalue weighted by Gasteiger charge is 2.14. The van der Waals surface area contributed by atoms with E-state index in [2.05, 4.69) is 31.1 Å². The number of hydrogen-bond acceptors (Lipinski definition) is 3. The van der Waals surface area contributed by atoms with Crippen LogP contribution in [0.15, 0.2) is 12.1 Å². The van der Waals surface area contributed by atoms with Gasteiger partial charge in [-0.05, 0) is 31.9 Å². The molecule has 0 radical (unpaired) electrons. The summed E-state index contributed by atoms with van der Waals surface area (Å²) in [6.07, 6.45) is 2.20. The molecule has 1 rings (SSSR count). The minimum absolute atomic E-state index is 0.279. The monoisotopic (exact) mass is 250 g/mol. The van der Waals surface area contributed by atoms with Gasteiger partial charge in [0.05, 0.1) is 5.56 Å². The third kappa shape index (κ3) is 3.72. The van der Waals surface area contributed by atoms with Crippen LogP contribution in [0.2, 0.25) is 0 Å². The molecule has 0 aromatic carbocycles. The number of carbonyl (C=O) groups is 1. The standard InChI is InChI=1S/C14H22N2O2/c1-5-11(6-2)10(4)16-13-8-12(14(17)18)7-9(3)15-13/h7-8,10-11H,5-6H2,1-4H3,(H,15,16)(H,17,18). The van der Waals surface area contributed by atoms with Crippen molar-refractivity contribution in [3.05, 3.63) is 23.4 Å². The second kappa shape index (κ2) is 6.38. The van der Waals surface area contributed by atoms with Gasteiger partial charge in [-0.25, -0.2) is 9.78 Å². The normalized spacial score (nSPS) is 12.5. The smallest absolute Gasteiger partial charge is 0.335 e. The summed E-state index contributed by atoms with van der Waals surface area (Å²) in [6, 6.07) is 3.46. The molecule has 100 valence electrons. The second-order valence-electron chi connectivity index (χ2n) is 4.70. The van der Waals surface area contributed by atoms with Crippen molar-refractivity contribution in [2.24, 2.45) is 5.92 Å². The molecule has 0 amide bonds. The van der Waals surface area contributed by atoms with Crippen LogP contribution in [0.1, 0.15) is 49.7 Å². The number of hydrogen-bond donors (Lipinski definition) is 2. The molecule has 1 aromatic rings. The molecule has 1 unspecified atom stereocenters. The average molecular weight is 250 g/mol. The van der Waals surface area contributed by atoms with E-state index in [0.29, 0.717) is 17.4 Å². The minimum Gasteiger partial charge on any atom is -0.478 e. The number of aryl methyl sites for hydroxylation is 1. The van der Waals surface area contributed by atoms with Crippen LogP contribution < -0.4 is 5.32 Å². The Bertz CT molecular complexity index is 414. The Morgan fingerprint density at radius 3 is 2.50 bits per heavy atom. The van der Waals surface area contributed by atoms with Crippen molar-refractivity contribution in [1.29, 1.82) is 0 Å². The van der Waals surface area contributed by atoms with Gasteiger partial charge < -0.3 is 10.4 Å². The number of anilines is 1. The molecule has 0 aliphatic carbocycles. The Morgan fingerprint density at radius 1 is 1.39 bits per heavy atom. The summed E-state index contributed by atoms with van der Waals surface area (Å²) in [5.74, 6) is 0.297.